The fraction of sp³-hybridized carbons (Fsp3) is 0.467. The maximum absolute atomic E-state index is 12.4. The SMILES string of the molecule is CC(CO)C(C)NC(=O)C1CC(=O)Nc2ccccc21. The largest absolute Gasteiger partial charge is 0.396 e. The van der Waals surface area contributed by atoms with Gasteiger partial charge in [-0.15, -0.1) is 0 Å². The smallest absolute Gasteiger partial charge is 0.228 e. The van der Waals surface area contributed by atoms with E-state index in [9.17, 15) is 9.59 Å². The number of nitrogens with one attached hydrogen (secondary N) is 2. The lowest BCUT2D eigenvalue weighted by molar-refractivity contribution is -0.127. The van der Waals surface area contributed by atoms with Gasteiger partial charge in [0.2, 0.25) is 11.8 Å². The third-order valence-corrected chi connectivity index (χ3v) is 3.83. The summed E-state index contributed by atoms with van der Waals surface area (Å²) in [5, 5.41) is 14.8. The van der Waals surface area contributed by atoms with Gasteiger partial charge >= 0.3 is 0 Å². The Bertz CT molecular complexity index is 516. The molecular weight excluding hydrogens is 256 g/mol. The van der Waals surface area contributed by atoms with Crippen molar-refractivity contribution in [2.75, 3.05) is 11.9 Å². The molecule has 1 aromatic rings. The Morgan fingerprint density at radius 2 is 2.15 bits per heavy atom. The molecule has 1 aliphatic heterocycles. The summed E-state index contributed by atoms with van der Waals surface area (Å²) in [6.07, 6.45) is 0.156. The Balaban J connectivity index is 2.16. The van der Waals surface area contributed by atoms with Crippen molar-refractivity contribution in [2.24, 2.45) is 5.92 Å². The van der Waals surface area contributed by atoms with Gasteiger partial charge in [-0.05, 0) is 24.5 Å². The molecule has 20 heavy (non-hydrogen) atoms. The van der Waals surface area contributed by atoms with Gasteiger partial charge in [0.15, 0.2) is 0 Å². The molecule has 0 radical (unpaired) electrons. The lowest BCUT2D eigenvalue weighted by atomic mass is 9.89. The van der Waals surface area contributed by atoms with Crippen LogP contribution in [0.1, 0.15) is 31.7 Å². The van der Waals surface area contributed by atoms with Gasteiger partial charge in [0, 0.05) is 24.8 Å². The first-order valence-electron chi connectivity index (χ1n) is 6.83. The van der Waals surface area contributed by atoms with Crippen molar-refractivity contribution >= 4 is 17.5 Å². The maximum Gasteiger partial charge on any atom is 0.228 e. The van der Waals surface area contributed by atoms with Crippen molar-refractivity contribution < 1.29 is 14.7 Å². The van der Waals surface area contributed by atoms with Crippen molar-refractivity contribution in [3.8, 4) is 0 Å². The van der Waals surface area contributed by atoms with Gasteiger partial charge in [-0.3, -0.25) is 9.59 Å². The summed E-state index contributed by atoms with van der Waals surface area (Å²) in [7, 11) is 0. The minimum absolute atomic E-state index is 0.0171. The first-order valence-corrected chi connectivity index (χ1v) is 6.83. The quantitative estimate of drug-likeness (QED) is 0.774. The molecule has 0 fully saturated rings. The number of rotatable bonds is 4. The molecule has 3 unspecified atom stereocenters. The average molecular weight is 276 g/mol. The molecule has 5 heteroatoms. The maximum atomic E-state index is 12.4. The summed E-state index contributed by atoms with van der Waals surface area (Å²) >= 11 is 0. The normalized spacial score (nSPS) is 20.6. The molecule has 0 spiro atoms. The lowest BCUT2D eigenvalue weighted by Gasteiger charge is -2.27. The number of anilines is 1. The first-order chi connectivity index (χ1) is 9.52. The monoisotopic (exact) mass is 276 g/mol. The van der Waals surface area contributed by atoms with E-state index in [0.717, 1.165) is 5.56 Å². The molecule has 1 heterocycles. The van der Waals surface area contributed by atoms with Gasteiger partial charge in [-0.25, -0.2) is 0 Å². The van der Waals surface area contributed by atoms with E-state index < -0.39 is 5.92 Å². The van der Waals surface area contributed by atoms with Crippen molar-refractivity contribution in [1.29, 1.82) is 0 Å². The van der Waals surface area contributed by atoms with Crippen molar-refractivity contribution in [2.45, 2.75) is 32.2 Å². The van der Waals surface area contributed by atoms with Gasteiger partial charge in [0.05, 0.1) is 5.92 Å². The van der Waals surface area contributed by atoms with Crippen LogP contribution in [-0.4, -0.2) is 29.6 Å². The minimum Gasteiger partial charge on any atom is -0.396 e. The molecule has 0 saturated carbocycles. The predicted octanol–water partition coefficient (Wildman–Crippen LogP) is 1.25. The fourth-order valence-corrected chi connectivity index (χ4v) is 2.27. The summed E-state index contributed by atoms with van der Waals surface area (Å²) < 4.78 is 0. The van der Waals surface area contributed by atoms with Gasteiger partial charge in [-0.1, -0.05) is 25.1 Å². The summed E-state index contributed by atoms with van der Waals surface area (Å²) in [4.78, 5) is 24.0. The third kappa shape index (κ3) is 2.99. The van der Waals surface area contributed by atoms with E-state index in [2.05, 4.69) is 10.6 Å². The molecule has 108 valence electrons. The van der Waals surface area contributed by atoms with Gasteiger partial charge in [0.1, 0.15) is 0 Å². The van der Waals surface area contributed by atoms with Gasteiger partial charge < -0.3 is 15.7 Å². The van der Waals surface area contributed by atoms with Crippen LogP contribution in [0.5, 0.6) is 0 Å². The highest BCUT2D eigenvalue weighted by molar-refractivity contribution is 6.01. The van der Waals surface area contributed by atoms with Crippen LogP contribution < -0.4 is 10.6 Å². The molecule has 0 aliphatic carbocycles. The number of hydrogen-bond acceptors (Lipinski definition) is 3. The number of benzene rings is 1. The number of aliphatic hydroxyl groups excluding tert-OH is 1. The van der Waals surface area contributed by atoms with E-state index in [0.29, 0.717) is 5.69 Å². The Morgan fingerprint density at radius 3 is 2.85 bits per heavy atom. The average Bonchev–Trinajstić information content (AvgIpc) is 2.45. The van der Waals surface area contributed by atoms with Crippen LogP contribution >= 0.6 is 0 Å². The zero-order valence-corrected chi connectivity index (χ0v) is 11.7. The number of para-hydroxylation sites is 1. The molecule has 0 saturated heterocycles. The van der Waals surface area contributed by atoms with Crippen molar-refractivity contribution in [1.82, 2.24) is 5.32 Å². The highest BCUT2D eigenvalue weighted by Crippen LogP contribution is 2.32. The zero-order valence-electron chi connectivity index (χ0n) is 11.7. The summed E-state index contributed by atoms with van der Waals surface area (Å²) in [5.41, 5.74) is 1.54. The molecule has 0 bridgehead atoms. The third-order valence-electron chi connectivity index (χ3n) is 3.83. The summed E-state index contributed by atoms with van der Waals surface area (Å²) in [6.45, 7) is 3.74. The van der Waals surface area contributed by atoms with E-state index in [1.54, 1.807) is 6.07 Å². The van der Waals surface area contributed by atoms with Crippen LogP contribution in [0.3, 0.4) is 0 Å². The Morgan fingerprint density at radius 1 is 1.45 bits per heavy atom. The van der Waals surface area contributed by atoms with Crippen LogP contribution in [0.25, 0.3) is 0 Å². The molecule has 1 aliphatic rings. The Labute approximate surface area is 118 Å². The summed E-state index contributed by atoms with van der Waals surface area (Å²) in [5.74, 6) is -0.799. The van der Waals surface area contributed by atoms with Gasteiger partial charge in [-0.2, -0.15) is 0 Å². The highest BCUT2D eigenvalue weighted by Gasteiger charge is 2.31. The van der Waals surface area contributed by atoms with Crippen molar-refractivity contribution in [3.63, 3.8) is 0 Å². The standard InChI is InChI=1S/C15H20N2O3/c1-9(8-18)10(2)16-15(20)12-7-14(19)17-13-6-4-3-5-11(12)13/h3-6,9-10,12,18H,7-8H2,1-2H3,(H,16,20)(H,17,19). The predicted molar refractivity (Wildman–Crippen MR) is 76.3 cm³/mol. The van der Waals surface area contributed by atoms with Crippen LogP contribution in [0.15, 0.2) is 24.3 Å². The second-order valence-electron chi connectivity index (χ2n) is 5.35. The molecule has 1 aromatic carbocycles. The van der Waals surface area contributed by atoms with E-state index >= 15 is 0 Å². The topological polar surface area (TPSA) is 78.4 Å². The van der Waals surface area contributed by atoms with Crippen LogP contribution in [0.2, 0.25) is 0 Å². The van der Waals surface area contributed by atoms with E-state index in [1.165, 1.54) is 0 Å². The zero-order chi connectivity index (χ0) is 14.7. The molecule has 3 atom stereocenters. The fourth-order valence-electron chi connectivity index (χ4n) is 2.27. The van der Waals surface area contributed by atoms with Crippen LogP contribution in [0, 0.1) is 5.92 Å². The molecule has 2 rings (SSSR count). The summed E-state index contributed by atoms with van der Waals surface area (Å²) in [6, 6.07) is 7.21. The number of carbonyl (C=O) groups excluding carboxylic acids is 2. The van der Waals surface area contributed by atoms with Crippen LogP contribution in [0.4, 0.5) is 5.69 Å². The molecular formula is C15H20N2O3. The lowest BCUT2D eigenvalue weighted by Crippen LogP contribution is -2.42. The second-order valence-corrected chi connectivity index (χ2v) is 5.35. The van der Waals surface area contributed by atoms with Crippen LogP contribution in [-0.2, 0) is 9.59 Å². The number of amides is 2. The first kappa shape index (κ1) is 14.5. The molecule has 3 N–H and O–H groups in total. The van der Waals surface area contributed by atoms with Crippen molar-refractivity contribution in [3.05, 3.63) is 29.8 Å². The molecule has 2 amide bonds. The van der Waals surface area contributed by atoms with Gasteiger partial charge in [0.25, 0.3) is 0 Å². The number of aliphatic hydroxyl groups is 1. The highest BCUT2D eigenvalue weighted by atomic mass is 16.3. The number of fused-ring (bicyclic) bond motifs is 1. The Hall–Kier alpha value is -1.88. The van der Waals surface area contributed by atoms with E-state index in [1.807, 2.05) is 32.0 Å². The number of carbonyl (C=O) groups is 2. The molecule has 5 nitrogen and oxygen atoms in total. The molecule has 0 aromatic heterocycles. The van der Waals surface area contributed by atoms with E-state index in [4.69, 9.17) is 5.11 Å². The second kappa shape index (κ2) is 6.05. The van der Waals surface area contributed by atoms with E-state index in [-0.39, 0.29) is 36.8 Å². The Kier molecular flexibility index (Phi) is 4.39. The number of hydrogen-bond donors (Lipinski definition) is 3. The minimum atomic E-state index is -0.465.